The fraction of sp³-hybridized carbons (Fsp3) is 0.308. The maximum Gasteiger partial charge on any atom is 0.422 e. The van der Waals surface area contributed by atoms with Gasteiger partial charge in [-0.3, -0.25) is 0 Å². The average Bonchev–Trinajstić information content (AvgIpc) is 2.43. The Balaban J connectivity index is 2.19. The van der Waals surface area contributed by atoms with E-state index in [2.05, 4.69) is 19.7 Å². The first kappa shape index (κ1) is 18.2. The van der Waals surface area contributed by atoms with E-state index in [1.807, 2.05) is 0 Å². The highest BCUT2D eigenvalue weighted by Gasteiger charge is 2.31. The Hall–Kier alpha value is -2.10. The van der Waals surface area contributed by atoms with E-state index in [0.717, 1.165) is 12.1 Å². The highest BCUT2D eigenvalue weighted by atomic mass is 35.5. The van der Waals surface area contributed by atoms with Crippen molar-refractivity contribution in [1.82, 2.24) is 15.0 Å². The molecule has 0 aliphatic heterocycles. The monoisotopic (exact) mass is 371 g/mol. The van der Waals surface area contributed by atoms with Crippen molar-refractivity contribution in [3.63, 3.8) is 0 Å². The van der Waals surface area contributed by atoms with Gasteiger partial charge < -0.3 is 4.74 Å². The Bertz CT molecular complexity index is 720. The Morgan fingerprint density at radius 1 is 1.00 bits per heavy atom. The molecule has 0 fully saturated rings. The number of benzene rings is 1. The van der Waals surface area contributed by atoms with Crippen LogP contribution < -0.4 is 4.74 Å². The van der Waals surface area contributed by atoms with Gasteiger partial charge in [0, 0.05) is 6.42 Å². The molecule has 0 saturated carbocycles. The van der Waals surface area contributed by atoms with Gasteiger partial charge in [0.1, 0.15) is 5.82 Å². The standard InChI is InChI=1S/C13H8ClF6N3O/c14-10-21-9(22-11(23-10)24-6-12(15,16)17)5-7-2-1-3-8(4-7)13(18,19)20/h1-4H,5-6H2. The van der Waals surface area contributed by atoms with Gasteiger partial charge in [0.25, 0.3) is 0 Å². The molecule has 0 spiro atoms. The summed E-state index contributed by atoms with van der Waals surface area (Å²) in [4.78, 5) is 10.7. The molecule has 0 atom stereocenters. The number of ether oxygens (including phenoxy) is 1. The topological polar surface area (TPSA) is 47.9 Å². The van der Waals surface area contributed by atoms with Crippen LogP contribution in [0, 0.1) is 0 Å². The molecular weight excluding hydrogens is 364 g/mol. The van der Waals surface area contributed by atoms with Crippen LogP contribution in [0.25, 0.3) is 0 Å². The highest BCUT2D eigenvalue weighted by Crippen LogP contribution is 2.30. The molecule has 0 bridgehead atoms. The van der Waals surface area contributed by atoms with Crippen molar-refractivity contribution in [3.8, 4) is 6.01 Å². The van der Waals surface area contributed by atoms with Crippen molar-refractivity contribution >= 4 is 11.6 Å². The van der Waals surface area contributed by atoms with E-state index in [-0.39, 0.29) is 17.8 Å². The summed E-state index contributed by atoms with van der Waals surface area (Å²) in [6, 6.07) is 3.70. The fourth-order valence-electron chi connectivity index (χ4n) is 1.70. The molecule has 24 heavy (non-hydrogen) atoms. The van der Waals surface area contributed by atoms with E-state index in [1.54, 1.807) is 0 Å². The summed E-state index contributed by atoms with van der Waals surface area (Å²) in [5.41, 5.74) is -0.664. The van der Waals surface area contributed by atoms with Gasteiger partial charge in [-0.05, 0) is 23.2 Å². The summed E-state index contributed by atoms with van der Waals surface area (Å²) in [6.45, 7) is -1.63. The van der Waals surface area contributed by atoms with Crippen molar-refractivity contribution in [2.45, 2.75) is 18.8 Å². The average molecular weight is 372 g/mol. The number of hydrogen-bond acceptors (Lipinski definition) is 4. The number of rotatable bonds is 4. The molecule has 0 saturated heterocycles. The molecular formula is C13H8ClF6N3O. The van der Waals surface area contributed by atoms with Crippen molar-refractivity contribution in [1.29, 1.82) is 0 Å². The van der Waals surface area contributed by atoms with Gasteiger partial charge in [-0.2, -0.15) is 36.3 Å². The van der Waals surface area contributed by atoms with Crippen LogP contribution in [-0.4, -0.2) is 27.7 Å². The number of alkyl halides is 6. The quantitative estimate of drug-likeness (QED) is 0.760. The van der Waals surface area contributed by atoms with Gasteiger partial charge in [0.15, 0.2) is 6.61 Å². The van der Waals surface area contributed by atoms with Crippen LogP contribution in [0.4, 0.5) is 26.3 Å². The molecule has 2 aromatic rings. The zero-order valence-corrected chi connectivity index (χ0v) is 12.4. The normalized spacial score (nSPS) is 12.3. The van der Waals surface area contributed by atoms with Crippen LogP contribution in [-0.2, 0) is 12.6 Å². The second-order valence-electron chi connectivity index (χ2n) is 4.58. The molecule has 0 aliphatic rings. The lowest BCUT2D eigenvalue weighted by Crippen LogP contribution is -2.20. The molecule has 1 aromatic carbocycles. The minimum Gasteiger partial charge on any atom is -0.454 e. The van der Waals surface area contributed by atoms with Crippen LogP contribution in [0.5, 0.6) is 6.01 Å². The minimum atomic E-state index is -4.60. The molecule has 0 unspecified atom stereocenters. The Labute approximate surface area is 136 Å². The lowest BCUT2D eigenvalue weighted by atomic mass is 10.1. The third-order valence-electron chi connectivity index (χ3n) is 2.62. The second-order valence-corrected chi connectivity index (χ2v) is 4.92. The summed E-state index contributed by atoms with van der Waals surface area (Å²) in [6.07, 6.45) is -9.30. The molecule has 0 aliphatic carbocycles. The summed E-state index contributed by atoms with van der Waals surface area (Å²) < 4.78 is 78.7. The Morgan fingerprint density at radius 3 is 2.33 bits per heavy atom. The lowest BCUT2D eigenvalue weighted by Gasteiger charge is -2.10. The molecule has 1 heterocycles. The first-order valence-corrected chi connectivity index (χ1v) is 6.67. The summed E-state index contributed by atoms with van der Waals surface area (Å²) >= 11 is 5.57. The molecule has 0 radical (unpaired) electrons. The fourth-order valence-corrected chi connectivity index (χ4v) is 1.87. The molecule has 4 nitrogen and oxygen atoms in total. The van der Waals surface area contributed by atoms with Crippen molar-refractivity contribution in [3.05, 3.63) is 46.5 Å². The minimum absolute atomic E-state index is 0.119. The summed E-state index contributed by atoms with van der Waals surface area (Å²) in [5, 5.41) is -0.427. The van der Waals surface area contributed by atoms with Crippen LogP contribution in [0.3, 0.4) is 0 Å². The number of hydrogen-bond donors (Lipinski definition) is 0. The van der Waals surface area contributed by atoms with Gasteiger partial charge in [0.2, 0.25) is 5.28 Å². The molecule has 2 rings (SSSR count). The molecule has 130 valence electrons. The van der Waals surface area contributed by atoms with E-state index in [1.165, 1.54) is 12.1 Å². The number of halogens is 7. The second kappa shape index (κ2) is 6.80. The van der Waals surface area contributed by atoms with Gasteiger partial charge in [-0.15, -0.1) is 0 Å². The largest absolute Gasteiger partial charge is 0.454 e. The van der Waals surface area contributed by atoms with E-state index >= 15 is 0 Å². The zero-order valence-electron chi connectivity index (χ0n) is 11.6. The summed E-state index contributed by atoms with van der Waals surface area (Å²) in [7, 11) is 0. The molecule has 1 aromatic heterocycles. The molecule has 0 amide bonds. The van der Waals surface area contributed by atoms with Crippen molar-refractivity contribution in [2.75, 3.05) is 6.61 Å². The smallest absolute Gasteiger partial charge is 0.422 e. The Morgan fingerprint density at radius 2 is 1.71 bits per heavy atom. The third kappa shape index (κ3) is 5.52. The SMILES string of the molecule is FC(F)(F)COc1nc(Cl)nc(Cc2cccc(C(F)(F)F)c2)n1. The van der Waals surface area contributed by atoms with Crippen LogP contribution in [0.15, 0.2) is 24.3 Å². The molecule has 0 N–H and O–H groups in total. The number of aromatic nitrogens is 3. The third-order valence-corrected chi connectivity index (χ3v) is 2.78. The van der Waals surface area contributed by atoms with E-state index < -0.39 is 35.8 Å². The predicted octanol–water partition coefficient (Wildman–Crippen LogP) is 4.08. The molecule has 11 heteroatoms. The Kier molecular flexibility index (Phi) is 5.16. The predicted molar refractivity (Wildman–Crippen MR) is 70.6 cm³/mol. The van der Waals surface area contributed by atoms with Gasteiger partial charge in [-0.25, -0.2) is 4.98 Å². The van der Waals surface area contributed by atoms with E-state index in [0.29, 0.717) is 0 Å². The number of nitrogens with zero attached hydrogens (tertiary/aromatic N) is 3. The van der Waals surface area contributed by atoms with Crippen LogP contribution in [0.2, 0.25) is 5.28 Å². The maximum absolute atomic E-state index is 12.7. The van der Waals surface area contributed by atoms with E-state index in [4.69, 9.17) is 11.6 Å². The van der Waals surface area contributed by atoms with Crippen molar-refractivity contribution < 1.29 is 31.1 Å². The first-order chi connectivity index (χ1) is 11.0. The van der Waals surface area contributed by atoms with Crippen LogP contribution in [0.1, 0.15) is 17.0 Å². The zero-order chi connectivity index (χ0) is 18.0. The van der Waals surface area contributed by atoms with Gasteiger partial charge in [-0.1, -0.05) is 18.2 Å². The summed E-state index contributed by atoms with van der Waals surface area (Å²) in [5.74, 6) is -0.119. The van der Waals surface area contributed by atoms with Crippen molar-refractivity contribution in [2.24, 2.45) is 0 Å². The van der Waals surface area contributed by atoms with Crippen LogP contribution >= 0.6 is 11.6 Å². The van der Waals surface area contributed by atoms with Gasteiger partial charge in [0.05, 0.1) is 5.56 Å². The van der Waals surface area contributed by atoms with Gasteiger partial charge >= 0.3 is 18.4 Å². The first-order valence-electron chi connectivity index (χ1n) is 6.29. The maximum atomic E-state index is 12.7. The van der Waals surface area contributed by atoms with E-state index in [9.17, 15) is 26.3 Å². The highest BCUT2D eigenvalue weighted by molar-refractivity contribution is 6.28. The lowest BCUT2D eigenvalue weighted by molar-refractivity contribution is -0.154.